The molecule has 3 fully saturated rings. The molecule has 21 heavy (non-hydrogen) atoms. The van der Waals surface area contributed by atoms with Gasteiger partial charge in [0.15, 0.2) is 0 Å². The Morgan fingerprint density at radius 3 is 1.48 bits per heavy atom. The van der Waals surface area contributed by atoms with Crippen LogP contribution in [0.1, 0.15) is 16.7 Å². The van der Waals surface area contributed by atoms with Crippen molar-refractivity contribution in [2.24, 2.45) is 0 Å². The third-order valence-electron chi connectivity index (χ3n) is 3.96. The molecule has 4 rings (SSSR count). The summed E-state index contributed by atoms with van der Waals surface area (Å²) >= 11 is 0. The molecule has 0 N–H and O–H groups in total. The molecular formula is C21H15. The van der Waals surface area contributed by atoms with Crippen LogP contribution in [-0.2, 0) is 0 Å². The first kappa shape index (κ1) is 13.9. The SMILES string of the molecule is [CH]1[CH][CH][C](c2ccc([C]3[CH][CH][CH][CH]3)c([C]3[CH][CH][CH][CH]3)c2)[CH]1. The lowest BCUT2D eigenvalue weighted by atomic mass is 9.82. The average molecular weight is 267 g/mol. The maximum Gasteiger partial charge on any atom is 0.0127 e. The predicted octanol–water partition coefficient (Wildman–Crippen LogP) is 3.95. The van der Waals surface area contributed by atoms with Gasteiger partial charge in [0, 0.05) is 17.8 Å². The summed E-state index contributed by atoms with van der Waals surface area (Å²) < 4.78 is 0. The van der Waals surface area contributed by atoms with Crippen molar-refractivity contribution >= 4 is 0 Å². The van der Waals surface area contributed by atoms with Crippen LogP contribution >= 0.6 is 0 Å². The maximum atomic E-state index is 2.30. The van der Waals surface area contributed by atoms with Crippen LogP contribution in [0.3, 0.4) is 0 Å². The summed E-state index contributed by atoms with van der Waals surface area (Å²) in [6.07, 6.45) is 25.6. The van der Waals surface area contributed by atoms with Crippen LogP contribution in [0.15, 0.2) is 18.2 Å². The van der Waals surface area contributed by atoms with Crippen molar-refractivity contribution in [3.63, 3.8) is 0 Å². The van der Waals surface area contributed by atoms with Gasteiger partial charge in [0.05, 0.1) is 0 Å². The molecule has 3 aliphatic carbocycles. The first-order valence-corrected chi connectivity index (χ1v) is 7.22. The lowest BCUT2D eigenvalue weighted by Crippen LogP contribution is -2.08. The number of rotatable bonds is 3. The van der Waals surface area contributed by atoms with Crippen LogP contribution in [0.2, 0.25) is 0 Å². The summed E-state index contributed by atoms with van der Waals surface area (Å²) in [7, 11) is 0. The summed E-state index contributed by atoms with van der Waals surface area (Å²) in [5.74, 6) is 3.83. The molecule has 0 bridgehead atoms. The van der Waals surface area contributed by atoms with E-state index in [4.69, 9.17) is 0 Å². The van der Waals surface area contributed by atoms with Crippen molar-refractivity contribution in [3.05, 3.63) is 130 Å². The molecule has 0 saturated heterocycles. The minimum atomic E-state index is 1.27. The lowest BCUT2D eigenvalue weighted by molar-refractivity contribution is 1.16. The highest BCUT2D eigenvalue weighted by Crippen LogP contribution is 2.41. The van der Waals surface area contributed by atoms with E-state index in [0.717, 1.165) is 0 Å². The molecule has 3 aliphatic rings. The Bertz CT molecular complexity index is 469. The third-order valence-corrected chi connectivity index (χ3v) is 3.96. The summed E-state index contributed by atoms with van der Waals surface area (Å²) in [5.41, 5.74) is 3.86. The minimum Gasteiger partial charge on any atom is -0.0581 e. The van der Waals surface area contributed by atoms with Crippen molar-refractivity contribution < 1.29 is 0 Å². The van der Waals surface area contributed by atoms with Gasteiger partial charge in [0.1, 0.15) is 0 Å². The van der Waals surface area contributed by atoms with Crippen LogP contribution in [0.4, 0.5) is 0 Å². The summed E-state index contributed by atoms with van der Waals surface area (Å²) in [6, 6.07) is 6.75. The van der Waals surface area contributed by atoms with Gasteiger partial charge < -0.3 is 0 Å². The van der Waals surface area contributed by atoms with Crippen molar-refractivity contribution in [1.29, 1.82) is 0 Å². The largest absolute Gasteiger partial charge is 0.0581 e. The fraction of sp³-hybridized carbons (Fsp3) is 0. The highest BCUT2D eigenvalue weighted by Gasteiger charge is 2.29. The van der Waals surface area contributed by atoms with Crippen LogP contribution in [0, 0.1) is 94.8 Å². The Morgan fingerprint density at radius 2 is 0.905 bits per heavy atom. The molecule has 0 heterocycles. The van der Waals surface area contributed by atoms with E-state index in [1.807, 2.05) is 0 Å². The Labute approximate surface area is 130 Å². The molecule has 99 valence electrons. The number of benzene rings is 1. The molecule has 0 nitrogen and oxygen atoms in total. The van der Waals surface area contributed by atoms with Gasteiger partial charge in [-0.3, -0.25) is 0 Å². The van der Waals surface area contributed by atoms with Crippen LogP contribution in [0.25, 0.3) is 0 Å². The van der Waals surface area contributed by atoms with Gasteiger partial charge in [-0.05, 0) is 93.7 Å². The Balaban J connectivity index is 1.68. The molecule has 1 aromatic carbocycles. The first-order valence-electron chi connectivity index (χ1n) is 7.22. The fourth-order valence-corrected chi connectivity index (χ4v) is 2.89. The van der Waals surface area contributed by atoms with Gasteiger partial charge in [-0.1, -0.05) is 18.2 Å². The maximum absolute atomic E-state index is 2.30. The molecular weight excluding hydrogens is 252 g/mol. The molecule has 0 amide bonds. The second kappa shape index (κ2) is 6.15. The average Bonchev–Trinajstić information content (AvgIpc) is 3.28. The summed E-state index contributed by atoms with van der Waals surface area (Å²) in [6.45, 7) is 0. The van der Waals surface area contributed by atoms with Gasteiger partial charge in [-0.15, -0.1) is 0 Å². The molecule has 15 radical (unpaired) electrons. The molecule has 0 aromatic heterocycles. The van der Waals surface area contributed by atoms with E-state index in [1.165, 1.54) is 34.4 Å². The zero-order valence-corrected chi connectivity index (χ0v) is 11.7. The standard InChI is InChI=1S/C21H15/c1-2-8-16(7-1)19-13-14-20(17-9-3-4-10-17)21(15-19)18-11-5-6-12-18/h1-15H. The monoisotopic (exact) mass is 267 g/mol. The van der Waals surface area contributed by atoms with Gasteiger partial charge >= 0.3 is 0 Å². The van der Waals surface area contributed by atoms with E-state index in [0.29, 0.717) is 0 Å². The highest BCUT2D eigenvalue weighted by molar-refractivity contribution is 5.64. The van der Waals surface area contributed by atoms with Crippen molar-refractivity contribution in [2.45, 2.75) is 0 Å². The molecule has 0 heteroatoms. The molecule has 3 saturated carbocycles. The molecule has 0 atom stereocenters. The second-order valence-corrected chi connectivity index (χ2v) is 5.28. The van der Waals surface area contributed by atoms with E-state index in [1.54, 1.807) is 0 Å². The third kappa shape index (κ3) is 2.79. The fourth-order valence-electron chi connectivity index (χ4n) is 2.89. The zero-order valence-electron chi connectivity index (χ0n) is 11.7. The molecule has 1 aromatic rings. The summed E-state index contributed by atoms with van der Waals surface area (Å²) in [5, 5.41) is 0. The molecule has 0 unspecified atom stereocenters. The van der Waals surface area contributed by atoms with Crippen molar-refractivity contribution in [2.75, 3.05) is 0 Å². The molecule has 0 aliphatic heterocycles. The number of hydrogen-bond acceptors (Lipinski definition) is 0. The molecule has 0 spiro atoms. The van der Waals surface area contributed by atoms with Crippen molar-refractivity contribution in [1.82, 2.24) is 0 Å². The topological polar surface area (TPSA) is 0 Å². The first-order chi connectivity index (χ1) is 10.4. The lowest BCUT2D eigenvalue weighted by Gasteiger charge is -2.21. The van der Waals surface area contributed by atoms with E-state index >= 15 is 0 Å². The Morgan fingerprint density at radius 1 is 0.429 bits per heavy atom. The predicted molar refractivity (Wildman–Crippen MR) is 85.1 cm³/mol. The Kier molecular flexibility index (Phi) is 4.05. The van der Waals surface area contributed by atoms with E-state index in [-0.39, 0.29) is 0 Å². The minimum absolute atomic E-state index is 1.27. The number of hydrogen-bond donors (Lipinski definition) is 0. The van der Waals surface area contributed by atoms with Crippen LogP contribution < -0.4 is 0 Å². The second-order valence-electron chi connectivity index (χ2n) is 5.28. The highest BCUT2D eigenvalue weighted by atomic mass is 14.3. The van der Waals surface area contributed by atoms with Gasteiger partial charge in [-0.25, -0.2) is 0 Å². The zero-order chi connectivity index (χ0) is 14.1. The smallest absolute Gasteiger partial charge is 0.0127 e. The van der Waals surface area contributed by atoms with Gasteiger partial charge in [0.25, 0.3) is 0 Å². The van der Waals surface area contributed by atoms with Crippen molar-refractivity contribution in [3.8, 4) is 0 Å². The van der Waals surface area contributed by atoms with E-state index in [2.05, 4.69) is 95.2 Å². The normalized spacial score (nSPS) is 25.1. The van der Waals surface area contributed by atoms with Gasteiger partial charge in [0.2, 0.25) is 0 Å². The van der Waals surface area contributed by atoms with Crippen LogP contribution in [0.5, 0.6) is 0 Å². The van der Waals surface area contributed by atoms with E-state index in [9.17, 15) is 0 Å². The quantitative estimate of drug-likeness (QED) is 0.778. The summed E-state index contributed by atoms with van der Waals surface area (Å²) in [4.78, 5) is 0. The van der Waals surface area contributed by atoms with Crippen LogP contribution in [-0.4, -0.2) is 0 Å². The Hall–Kier alpha value is -0.780. The van der Waals surface area contributed by atoms with E-state index < -0.39 is 0 Å². The van der Waals surface area contributed by atoms with Gasteiger partial charge in [-0.2, -0.15) is 0 Å².